The SMILES string of the molecule is C=S(=O)(NC(=O)c1cncc(C#Cc2ccc(N)nc2)c1)c1ccccc1. The number of nitrogens with zero attached hydrogens (tertiary/aromatic N) is 2. The van der Waals surface area contributed by atoms with Gasteiger partial charge in [0.05, 0.1) is 15.3 Å². The van der Waals surface area contributed by atoms with Crippen LogP contribution < -0.4 is 10.5 Å². The van der Waals surface area contributed by atoms with Crippen LogP contribution in [0, 0.1) is 11.8 Å². The fraction of sp³-hybridized carbons (Fsp3) is 0. The minimum atomic E-state index is -2.96. The molecule has 0 aliphatic carbocycles. The highest BCUT2D eigenvalue weighted by Crippen LogP contribution is 2.09. The van der Waals surface area contributed by atoms with Crippen molar-refractivity contribution in [3.05, 3.63) is 83.8 Å². The van der Waals surface area contributed by atoms with E-state index in [9.17, 15) is 9.00 Å². The van der Waals surface area contributed by atoms with Crippen molar-refractivity contribution < 1.29 is 9.00 Å². The molecule has 0 saturated heterocycles. The van der Waals surface area contributed by atoms with Crippen molar-refractivity contribution in [2.24, 2.45) is 0 Å². The minimum absolute atomic E-state index is 0.240. The highest BCUT2D eigenvalue weighted by molar-refractivity contribution is 7.99. The van der Waals surface area contributed by atoms with Crippen LogP contribution >= 0.6 is 0 Å². The molecule has 0 bridgehead atoms. The molecule has 0 spiro atoms. The summed E-state index contributed by atoms with van der Waals surface area (Å²) < 4.78 is 15.1. The topological polar surface area (TPSA) is 98.0 Å². The average Bonchev–Trinajstić information content (AvgIpc) is 2.68. The van der Waals surface area contributed by atoms with Crippen LogP contribution in [-0.4, -0.2) is 26.0 Å². The van der Waals surface area contributed by atoms with E-state index in [2.05, 4.69) is 32.4 Å². The van der Waals surface area contributed by atoms with Crippen molar-refractivity contribution in [1.29, 1.82) is 0 Å². The average molecular weight is 376 g/mol. The molecule has 0 aliphatic heterocycles. The molecule has 6 nitrogen and oxygen atoms in total. The van der Waals surface area contributed by atoms with Crippen LogP contribution in [0.1, 0.15) is 21.5 Å². The molecule has 1 atom stereocenters. The minimum Gasteiger partial charge on any atom is -0.384 e. The van der Waals surface area contributed by atoms with Crippen LogP contribution in [0.3, 0.4) is 0 Å². The van der Waals surface area contributed by atoms with Crippen LogP contribution in [0.15, 0.2) is 72.0 Å². The number of benzene rings is 1. The van der Waals surface area contributed by atoms with Gasteiger partial charge in [-0.15, -0.1) is 0 Å². The Kier molecular flexibility index (Phi) is 5.20. The van der Waals surface area contributed by atoms with Gasteiger partial charge in [0.1, 0.15) is 5.82 Å². The fourth-order valence-corrected chi connectivity index (χ4v) is 3.30. The maximum atomic E-state index is 12.7. The summed E-state index contributed by atoms with van der Waals surface area (Å²) >= 11 is 0. The first kappa shape index (κ1) is 18.2. The second-order valence-electron chi connectivity index (χ2n) is 5.60. The summed E-state index contributed by atoms with van der Waals surface area (Å²) in [7, 11) is -2.96. The van der Waals surface area contributed by atoms with Crippen molar-refractivity contribution in [3.63, 3.8) is 0 Å². The van der Waals surface area contributed by atoms with Crippen LogP contribution in [0.4, 0.5) is 5.82 Å². The first-order valence-electron chi connectivity index (χ1n) is 7.87. The second kappa shape index (κ2) is 7.72. The predicted molar refractivity (Wildman–Crippen MR) is 106 cm³/mol. The molecule has 1 amide bonds. The van der Waals surface area contributed by atoms with Crippen LogP contribution in [-0.2, 0) is 9.71 Å². The zero-order valence-electron chi connectivity index (χ0n) is 14.3. The molecular weight excluding hydrogens is 360 g/mol. The monoisotopic (exact) mass is 376 g/mol. The summed E-state index contributed by atoms with van der Waals surface area (Å²) in [5.74, 6) is 9.35. The van der Waals surface area contributed by atoms with E-state index in [4.69, 9.17) is 5.73 Å². The molecule has 0 radical (unpaired) electrons. The quantitative estimate of drug-likeness (QED) is 0.537. The largest absolute Gasteiger partial charge is 0.384 e. The molecule has 7 heteroatoms. The summed E-state index contributed by atoms with van der Waals surface area (Å²) in [6.45, 7) is 0. The van der Waals surface area contributed by atoms with Gasteiger partial charge in [0.2, 0.25) is 0 Å². The van der Waals surface area contributed by atoms with E-state index in [1.54, 1.807) is 54.7 Å². The maximum absolute atomic E-state index is 12.7. The number of nitrogens with one attached hydrogen (secondary N) is 1. The Morgan fingerprint density at radius 1 is 1.04 bits per heavy atom. The Labute approximate surface area is 157 Å². The molecule has 1 unspecified atom stereocenters. The van der Waals surface area contributed by atoms with Crippen LogP contribution in [0.5, 0.6) is 0 Å². The third-order valence-corrected chi connectivity index (χ3v) is 5.07. The Balaban J connectivity index is 1.79. The molecule has 2 heterocycles. The summed E-state index contributed by atoms with van der Waals surface area (Å²) in [4.78, 5) is 20.9. The number of rotatable bonds is 3. The number of pyridine rings is 2. The van der Waals surface area contributed by atoms with Gasteiger partial charge in [-0.2, -0.15) is 0 Å². The molecular formula is C20H16N4O2S. The van der Waals surface area contributed by atoms with Gasteiger partial charge in [0.15, 0.2) is 0 Å². The first-order valence-corrected chi connectivity index (χ1v) is 9.60. The molecule has 2 aromatic heterocycles. The molecule has 27 heavy (non-hydrogen) atoms. The molecule has 0 aliphatic rings. The molecule has 0 saturated carbocycles. The lowest BCUT2D eigenvalue weighted by molar-refractivity contribution is 0.0982. The number of anilines is 1. The zero-order chi connectivity index (χ0) is 19.3. The van der Waals surface area contributed by atoms with Gasteiger partial charge in [-0.05, 0) is 36.2 Å². The van der Waals surface area contributed by atoms with Gasteiger partial charge < -0.3 is 5.73 Å². The third-order valence-electron chi connectivity index (χ3n) is 3.52. The Hall–Kier alpha value is -3.63. The van der Waals surface area contributed by atoms with Crippen molar-refractivity contribution in [1.82, 2.24) is 14.7 Å². The lowest BCUT2D eigenvalue weighted by Gasteiger charge is -2.11. The van der Waals surface area contributed by atoms with E-state index in [1.807, 2.05) is 0 Å². The van der Waals surface area contributed by atoms with E-state index >= 15 is 0 Å². The normalized spacial score (nSPS) is 12.3. The lowest BCUT2D eigenvalue weighted by Crippen LogP contribution is -2.30. The summed E-state index contributed by atoms with van der Waals surface area (Å²) in [6.07, 6.45) is 4.48. The zero-order valence-corrected chi connectivity index (χ0v) is 15.1. The summed E-state index contributed by atoms with van der Waals surface area (Å²) in [6, 6.07) is 13.5. The number of nitrogens with two attached hydrogens (primary N) is 1. The number of hydrogen-bond donors (Lipinski definition) is 2. The summed E-state index contributed by atoms with van der Waals surface area (Å²) in [5.41, 5.74) is 7.00. The van der Waals surface area contributed by atoms with Gasteiger partial charge in [0, 0.05) is 34.6 Å². The number of aromatic nitrogens is 2. The van der Waals surface area contributed by atoms with Crippen molar-refractivity contribution >= 4 is 27.3 Å². The molecule has 3 N–H and O–H groups in total. The van der Waals surface area contributed by atoms with Crippen molar-refractivity contribution in [2.75, 3.05) is 5.73 Å². The van der Waals surface area contributed by atoms with Gasteiger partial charge >= 0.3 is 0 Å². The highest BCUT2D eigenvalue weighted by atomic mass is 32.2. The van der Waals surface area contributed by atoms with Crippen molar-refractivity contribution in [3.8, 4) is 11.8 Å². The third kappa shape index (κ3) is 4.71. The standard InChI is InChI=1S/C20H16N4O2S/c1-27(26,18-5-3-2-4-6-18)24-20(25)17-11-16(12-22-14-17)8-7-15-9-10-19(21)23-13-15/h2-6,9-14H,1H2,(H2,21,23)(H,24,25,26). The number of carbonyl (C=O) groups is 1. The Morgan fingerprint density at radius 2 is 1.78 bits per heavy atom. The van der Waals surface area contributed by atoms with Crippen LogP contribution in [0.2, 0.25) is 0 Å². The van der Waals surface area contributed by atoms with Gasteiger partial charge in [-0.25, -0.2) is 9.19 Å². The van der Waals surface area contributed by atoms with E-state index < -0.39 is 15.6 Å². The van der Waals surface area contributed by atoms with Crippen LogP contribution in [0.25, 0.3) is 0 Å². The first-order chi connectivity index (χ1) is 12.9. The van der Waals surface area contributed by atoms with E-state index in [0.29, 0.717) is 21.8 Å². The molecule has 0 fully saturated rings. The Morgan fingerprint density at radius 3 is 2.48 bits per heavy atom. The highest BCUT2D eigenvalue weighted by Gasteiger charge is 2.13. The maximum Gasteiger partial charge on any atom is 0.264 e. The number of hydrogen-bond acceptors (Lipinski definition) is 5. The fourth-order valence-electron chi connectivity index (χ4n) is 2.16. The lowest BCUT2D eigenvalue weighted by atomic mass is 10.2. The molecule has 1 aromatic carbocycles. The number of nitrogen functional groups attached to an aromatic ring is 1. The smallest absolute Gasteiger partial charge is 0.264 e. The number of carbonyl (C=O) groups excluding carboxylic acids is 1. The van der Waals surface area contributed by atoms with E-state index in [-0.39, 0.29) is 5.56 Å². The second-order valence-corrected chi connectivity index (χ2v) is 7.63. The summed E-state index contributed by atoms with van der Waals surface area (Å²) in [5, 5.41) is 0. The number of amides is 1. The van der Waals surface area contributed by atoms with E-state index in [1.165, 1.54) is 12.4 Å². The predicted octanol–water partition coefficient (Wildman–Crippen LogP) is 1.88. The van der Waals surface area contributed by atoms with Gasteiger partial charge in [-0.1, -0.05) is 30.0 Å². The van der Waals surface area contributed by atoms with Crippen molar-refractivity contribution in [2.45, 2.75) is 4.90 Å². The van der Waals surface area contributed by atoms with Gasteiger partial charge in [0.25, 0.3) is 5.91 Å². The van der Waals surface area contributed by atoms with E-state index in [0.717, 1.165) is 0 Å². The molecule has 3 aromatic rings. The molecule has 134 valence electrons. The van der Waals surface area contributed by atoms with Gasteiger partial charge in [-0.3, -0.25) is 14.5 Å². The Bertz CT molecular complexity index is 1130. The molecule has 3 rings (SSSR count).